The fourth-order valence-electron chi connectivity index (χ4n) is 4.02. The summed E-state index contributed by atoms with van der Waals surface area (Å²) in [5, 5.41) is 5.97. The number of hydrogen-bond donors (Lipinski definition) is 0. The predicted octanol–water partition coefficient (Wildman–Crippen LogP) is 5.16. The third kappa shape index (κ3) is 5.40. The van der Waals surface area contributed by atoms with Crippen molar-refractivity contribution in [1.29, 1.82) is 0 Å². The molecule has 3 aromatic carbocycles. The normalized spacial score (nSPS) is 15.4. The molecule has 1 atom stereocenters. The first kappa shape index (κ1) is 25.0. The molecule has 4 rings (SSSR count). The number of hydrazone groups is 1. The van der Waals surface area contributed by atoms with Crippen LogP contribution in [0.25, 0.3) is 0 Å². The summed E-state index contributed by atoms with van der Waals surface area (Å²) in [5.41, 5.74) is 1.62. The zero-order valence-corrected chi connectivity index (χ0v) is 19.7. The Bertz CT molecular complexity index is 1270. The van der Waals surface area contributed by atoms with Crippen molar-refractivity contribution in [2.75, 3.05) is 20.7 Å². The minimum atomic E-state index is -4.50. The van der Waals surface area contributed by atoms with E-state index >= 15 is 0 Å². The van der Waals surface area contributed by atoms with Gasteiger partial charge in [0.1, 0.15) is 12.3 Å². The molecule has 186 valence electrons. The smallest absolute Gasteiger partial charge is 0.416 e. The highest BCUT2D eigenvalue weighted by atomic mass is 19.4. The van der Waals surface area contributed by atoms with Crippen molar-refractivity contribution in [3.05, 3.63) is 101 Å². The highest BCUT2D eigenvalue weighted by molar-refractivity contribution is 6.04. The van der Waals surface area contributed by atoms with Crippen molar-refractivity contribution < 1.29 is 27.5 Å². The Morgan fingerprint density at radius 2 is 1.72 bits per heavy atom. The number of methoxy groups -OCH3 is 1. The van der Waals surface area contributed by atoms with E-state index in [2.05, 4.69) is 5.10 Å². The Balaban J connectivity index is 1.55. The van der Waals surface area contributed by atoms with E-state index in [4.69, 9.17) is 4.74 Å². The Kier molecular flexibility index (Phi) is 7.10. The van der Waals surface area contributed by atoms with Crippen LogP contribution in [0.1, 0.15) is 39.5 Å². The Labute approximate surface area is 206 Å². The second kappa shape index (κ2) is 10.2. The topological polar surface area (TPSA) is 62.2 Å². The third-order valence-electron chi connectivity index (χ3n) is 5.93. The third-order valence-corrected chi connectivity index (χ3v) is 5.93. The number of benzene rings is 3. The molecule has 0 spiro atoms. The van der Waals surface area contributed by atoms with Crippen LogP contribution in [-0.2, 0) is 11.0 Å². The van der Waals surface area contributed by atoms with Crippen LogP contribution in [0.15, 0.2) is 84.0 Å². The maximum Gasteiger partial charge on any atom is 0.416 e. The van der Waals surface area contributed by atoms with Crippen molar-refractivity contribution in [1.82, 2.24) is 9.91 Å². The van der Waals surface area contributed by atoms with E-state index < -0.39 is 23.6 Å². The molecular formula is C27H24F3N3O3. The van der Waals surface area contributed by atoms with Crippen LogP contribution in [0.3, 0.4) is 0 Å². The van der Waals surface area contributed by atoms with Crippen LogP contribution in [-0.4, -0.2) is 48.1 Å². The monoisotopic (exact) mass is 495 g/mol. The molecule has 0 bridgehead atoms. The molecule has 36 heavy (non-hydrogen) atoms. The summed E-state index contributed by atoms with van der Waals surface area (Å²) in [4.78, 5) is 27.3. The molecule has 0 fully saturated rings. The van der Waals surface area contributed by atoms with Crippen molar-refractivity contribution in [2.45, 2.75) is 18.6 Å². The lowest BCUT2D eigenvalue weighted by atomic mass is 9.98. The lowest BCUT2D eigenvalue weighted by Gasteiger charge is -2.25. The first-order chi connectivity index (χ1) is 17.2. The van der Waals surface area contributed by atoms with Crippen molar-refractivity contribution in [2.24, 2.45) is 5.10 Å². The fraction of sp³-hybridized carbons (Fsp3) is 0.222. The van der Waals surface area contributed by atoms with Crippen LogP contribution in [0.2, 0.25) is 0 Å². The highest BCUT2D eigenvalue weighted by Gasteiger charge is 2.34. The van der Waals surface area contributed by atoms with Crippen LogP contribution in [0.4, 0.5) is 13.2 Å². The molecule has 9 heteroatoms. The van der Waals surface area contributed by atoms with Gasteiger partial charge in [0.05, 0.1) is 24.4 Å². The van der Waals surface area contributed by atoms with Crippen LogP contribution in [0, 0.1) is 0 Å². The Morgan fingerprint density at radius 3 is 2.36 bits per heavy atom. The molecular weight excluding hydrogens is 471 g/mol. The van der Waals surface area contributed by atoms with Gasteiger partial charge in [0.2, 0.25) is 0 Å². The van der Waals surface area contributed by atoms with Crippen LogP contribution in [0.5, 0.6) is 5.75 Å². The lowest BCUT2D eigenvalue weighted by molar-refractivity contribution is -0.137. The summed E-state index contributed by atoms with van der Waals surface area (Å²) in [6.45, 7) is -0.294. The number of halogens is 3. The van der Waals surface area contributed by atoms with E-state index in [0.717, 1.165) is 35.4 Å². The molecule has 2 amide bonds. The van der Waals surface area contributed by atoms with Gasteiger partial charge in [-0.3, -0.25) is 9.59 Å². The minimum absolute atomic E-state index is 0.0555. The van der Waals surface area contributed by atoms with E-state index in [0.29, 0.717) is 17.9 Å². The molecule has 6 nitrogen and oxygen atoms in total. The molecule has 0 N–H and O–H groups in total. The van der Waals surface area contributed by atoms with Crippen molar-refractivity contribution in [3.63, 3.8) is 0 Å². The van der Waals surface area contributed by atoms with Gasteiger partial charge in [-0.15, -0.1) is 0 Å². The summed E-state index contributed by atoms with van der Waals surface area (Å²) >= 11 is 0. The number of carbonyl (C=O) groups is 2. The lowest BCUT2D eigenvalue weighted by Crippen LogP contribution is -2.39. The second-order valence-electron chi connectivity index (χ2n) is 8.38. The average Bonchev–Trinajstić information content (AvgIpc) is 3.34. The SMILES string of the molecule is COc1cccc(C2=NN(C(=O)CN(C)C(=O)c3ccc(C(F)(F)F)cc3)[C@H](c3ccccc3)C2)c1. The first-order valence-corrected chi connectivity index (χ1v) is 11.2. The summed E-state index contributed by atoms with van der Waals surface area (Å²) in [6.07, 6.45) is -4.02. The number of carbonyl (C=O) groups excluding carboxylic acids is 2. The molecule has 0 unspecified atom stereocenters. The van der Waals surface area contributed by atoms with Crippen LogP contribution >= 0.6 is 0 Å². The zero-order chi connectivity index (χ0) is 25.9. The van der Waals surface area contributed by atoms with Gasteiger partial charge < -0.3 is 9.64 Å². The Morgan fingerprint density at radius 1 is 1.03 bits per heavy atom. The van der Waals surface area contributed by atoms with E-state index in [1.54, 1.807) is 7.11 Å². The largest absolute Gasteiger partial charge is 0.497 e. The van der Waals surface area contributed by atoms with Gasteiger partial charge in [-0.1, -0.05) is 42.5 Å². The number of nitrogens with zero attached hydrogens (tertiary/aromatic N) is 3. The zero-order valence-electron chi connectivity index (χ0n) is 19.7. The van der Waals surface area contributed by atoms with Gasteiger partial charge in [0, 0.05) is 24.6 Å². The van der Waals surface area contributed by atoms with Crippen LogP contribution < -0.4 is 4.74 Å². The van der Waals surface area contributed by atoms with Gasteiger partial charge in [-0.05, 0) is 42.0 Å². The fourth-order valence-corrected chi connectivity index (χ4v) is 4.02. The standard InChI is InChI=1S/C27H24F3N3O3/c1-32(26(35)19-11-13-21(14-12-19)27(28,29)30)17-25(34)33-24(18-7-4-3-5-8-18)16-23(31-33)20-9-6-10-22(15-20)36-2/h3-15,24H,16-17H2,1-2H3/t24-/m0/s1. The molecule has 0 saturated carbocycles. The minimum Gasteiger partial charge on any atom is -0.497 e. The van der Waals surface area contributed by atoms with E-state index in [1.807, 2.05) is 54.6 Å². The molecule has 1 aliphatic heterocycles. The van der Waals surface area contributed by atoms with Gasteiger partial charge >= 0.3 is 6.18 Å². The molecule has 1 heterocycles. The molecule has 0 radical (unpaired) electrons. The van der Waals surface area contributed by atoms with Gasteiger partial charge in [-0.2, -0.15) is 18.3 Å². The molecule has 3 aromatic rings. The molecule has 0 saturated heterocycles. The predicted molar refractivity (Wildman–Crippen MR) is 129 cm³/mol. The molecule has 1 aliphatic rings. The summed E-state index contributed by atoms with van der Waals surface area (Å²) in [7, 11) is 3.00. The summed E-state index contributed by atoms with van der Waals surface area (Å²) in [6, 6.07) is 20.4. The van der Waals surface area contributed by atoms with Crippen molar-refractivity contribution in [3.8, 4) is 5.75 Å². The molecule has 0 aromatic heterocycles. The van der Waals surface area contributed by atoms with Gasteiger partial charge in [0.25, 0.3) is 11.8 Å². The maximum absolute atomic E-state index is 13.3. The average molecular weight is 496 g/mol. The first-order valence-electron chi connectivity index (χ1n) is 11.2. The second-order valence-corrected chi connectivity index (χ2v) is 8.38. The maximum atomic E-state index is 13.3. The number of amides is 2. The number of alkyl halides is 3. The summed E-state index contributed by atoms with van der Waals surface area (Å²) < 4.78 is 43.8. The molecule has 0 aliphatic carbocycles. The number of rotatable bonds is 6. The number of hydrogen-bond acceptors (Lipinski definition) is 4. The van der Waals surface area contributed by atoms with E-state index in [9.17, 15) is 22.8 Å². The van der Waals surface area contributed by atoms with E-state index in [1.165, 1.54) is 17.0 Å². The van der Waals surface area contributed by atoms with Gasteiger partial charge in [-0.25, -0.2) is 5.01 Å². The van der Waals surface area contributed by atoms with Crippen molar-refractivity contribution >= 4 is 17.5 Å². The number of ether oxygens (including phenoxy) is 1. The highest BCUT2D eigenvalue weighted by Crippen LogP contribution is 2.33. The van der Waals surface area contributed by atoms with Gasteiger partial charge in [0.15, 0.2) is 0 Å². The van der Waals surface area contributed by atoms with E-state index in [-0.39, 0.29) is 18.2 Å². The quantitative estimate of drug-likeness (QED) is 0.475. The summed E-state index contributed by atoms with van der Waals surface area (Å²) in [5.74, 6) is -0.313. The number of likely N-dealkylation sites (N-methyl/N-ethyl adjacent to an activating group) is 1. The Hall–Kier alpha value is -4.14.